The minimum atomic E-state index is -0.408. The molecule has 1 aromatic carbocycles. The summed E-state index contributed by atoms with van der Waals surface area (Å²) in [4.78, 5) is 24.4. The van der Waals surface area contributed by atoms with Gasteiger partial charge in [-0.25, -0.2) is 0 Å². The Hall–Kier alpha value is -1.88. The number of carbonyl (C=O) groups excluding carboxylic acids is 2. The van der Waals surface area contributed by atoms with E-state index in [1.165, 1.54) is 0 Å². The van der Waals surface area contributed by atoms with Gasteiger partial charge < -0.3 is 14.8 Å². The highest BCUT2D eigenvalue weighted by atomic mass is 16.6. The van der Waals surface area contributed by atoms with Gasteiger partial charge in [-0.1, -0.05) is 20.8 Å². The minimum absolute atomic E-state index is 0.0177. The van der Waals surface area contributed by atoms with Crippen LogP contribution in [0.2, 0.25) is 0 Å². The van der Waals surface area contributed by atoms with E-state index < -0.39 is 5.41 Å². The van der Waals surface area contributed by atoms with Crippen molar-refractivity contribution in [2.24, 2.45) is 11.3 Å². The van der Waals surface area contributed by atoms with Crippen molar-refractivity contribution < 1.29 is 19.1 Å². The molecule has 3 unspecified atom stereocenters. The maximum Gasteiger partial charge on any atom is 0.314 e. The molecule has 0 aromatic heterocycles. The second-order valence-electron chi connectivity index (χ2n) is 7.36. The Bertz CT molecular complexity index is 623. The molecule has 0 radical (unpaired) electrons. The standard InChI is InChI=1S/C19H25NO4/c1-4-19(2,3)18(22)20-13-6-8-14(9-7-13)23-17(21)12-5-10-15-16(11-12)24-15/h6-9,12,15-16H,4-5,10-11H2,1-3H3,(H,20,22). The summed E-state index contributed by atoms with van der Waals surface area (Å²) in [5.74, 6) is 0.230. The van der Waals surface area contributed by atoms with Crippen LogP contribution >= 0.6 is 0 Å². The molecular formula is C19H25NO4. The van der Waals surface area contributed by atoms with Crippen LogP contribution in [0, 0.1) is 11.3 Å². The average Bonchev–Trinajstić information content (AvgIpc) is 3.35. The number of epoxide rings is 1. The van der Waals surface area contributed by atoms with Crippen LogP contribution in [0.1, 0.15) is 46.5 Å². The van der Waals surface area contributed by atoms with E-state index in [2.05, 4.69) is 5.32 Å². The summed E-state index contributed by atoms with van der Waals surface area (Å²) in [6.07, 6.45) is 3.95. The monoisotopic (exact) mass is 331 g/mol. The minimum Gasteiger partial charge on any atom is -0.426 e. The number of ether oxygens (including phenoxy) is 2. The SMILES string of the molecule is CCC(C)(C)C(=O)Nc1ccc(OC(=O)C2CCC3OC3C2)cc1. The van der Waals surface area contributed by atoms with Gasteiger partial charge in [0.15, 0.2) is 0 Å². The highest BCUT2D eigenvalue weighted by Gasteiger charge is 2.46. The third-order valence-electron chi connectivity index (χ3n) is 5.17. The first-order valence-corrected chi connectivity index (χ1v) is 8.67. The molecule has 1 aromatic rings. The van der Waals surface area contributed by atoms with Crippen molar-refractivity contribution in [3.8, 4) is 5.75 Å². The Morgan fingerprint density at radius 1 is 1.21 bits per heavy atom. The molecule has 3 rings (SSSR count). The second-order valence-corrected chi connectivity index (χ2v) is 7.36. The fourth-order valence-corrected chi connectivity index (χ4v) is 2.88. The van der Waals surface area contributed by atoms with Crippen molar-refractivity contribution in [1.29, 1.82) is 0 Å². The summed E-state index contributed by atoms with van der Waals surface area (Å²) < 4.78 is 10.9. The van der Waals surface area contributed by atoms with Gasteiger partial charge in [-0.05, 0) is 49.9 Å². The Balaban J connectivity index is 1.54. The molecule has 0 bridgehead atoms. The third-order valence-corrected chi connectivity index (χ3v) is 5.17. The largest absolute Gasteiger partial charge is 0.426 e. The van der Waals surface area contributed by atoms with E-state index in [-0.39, 0.29) is 23.9 Å². The van der Waals surface area contributed by atoms with Crippen LogP contribution in [0.25, 0.3) is 0 Å². The van der Waals surface area contributed by atoms with Gasteiger partial charge in [-0.2, -0.15) is 0 Å². The lowest BCUT2D eigenvalue weighted by Gasteiger charge is -2.21. The summed E-state index contributed by atoms with van der Waals surface area (Å²) in [5.41, 5.74) is 0.294. The molecule has 1 N–H and O–H groups in total. The summed E-state index contributed by atoms with van der Waals surface area (Å²) in [6.45, 7) is 5.82. The van der Waals surface area contributed by atoms with Gasteiger partial charge in [-0.3, -0.25) is 9.59 Å². The number of rotatable bonds is 5. The van der Waals surface area contributed by atoms with E-state index in [1.807, 2.05) is 20.8 Å². The van der Waals surface area contributed by atoms with E-state index >= 15 is 0 Å². The highest BCUT2D eigenvalue weighted by Crippen LogP contribution is 2.39. The number of nitrogens with one attached hydrogen (secondary N) is 1. The van der Waals surface area contributed by atoms with Gasteiger partial charge in [0.25, 0.3) is 0 Å². The van der Waals surface area contributed by atoms with Crippen molar-refractivity contribution in [3.63, 3.8) is 0 Å². The molecule has 3 atom stereocenters. The number of amides is 1. The summed E-state index contributed by atoms with van der Waals surface area (Å²) >= 11 is 0. The summed E-state index contributed by atoms with van der Waals surface area (Å²) in [5, 5.41) is 2.89. The third kappa shape index (κ3) is 3.78. The topological polar surface area (TPSA) is 67.9 Å². The van der Waals surface area contributed by atoms with Crippen molar-refractivity contribution in [2.75, 3.05) is 5.32 Å². The Morgan fingerprint density at radius 2 is 1.92 bits per heavy atom. The van der Waals surface area contributed by atoms with E-state index in [1.54, 1.807) is 24.3 Å². The lowest BCUT2D eigenvalue weighted by atomic mass is 9.89. The predicted molar refractivity (Wildman–Crippen MR) is 90.8 cm³/mol. The smallest absolute Gasteiger partial charge is 0.314 e. The van der Waals surface area contributed by atoms with E-state index in [9.17, 15) is 9.59 Å². The van der Waals surface area contributed by atoms with Crippen molar-refractivity contribution in [3.05, 3.63) is 24.3 Å². The Labute approximate surface area is 142 Å². The first-order valence-electron chi connectivity index (χ1n) is 8.67. The number of hydrogen-bond donors (Lipinski definition) is 1. The molecule has 1 aliphatic heterocycles. The molecule has 1 aliphatic carbocycles. The van der Waals surface area contributed by atoms with E-state index in [0.29, 0.717) is 17.5 Å². The zero-order valence-electron chi connectivity index (χ0n) is 14.5. The van der Waals surface area contributed by atoms with Gasteiger partial charge in [0.05, 0.1) is 18.1 Å². The van der Waals surface area contributed by atoms with Gasteiger partial charge in [0.1, 0.15) is 5.75 Å². The second kappa shape index (κ2) is 6.55. The highest BCUT2D eigenvalue weighted by molar-refractivity contribution is 5.94. The fraction of sp³-hybridized carbons (Fsp3) is 0.579. The quantitative estimate of drug-likeness (QED) is 0.509. The fourth-order valence-electron chi connectivity index (χ4n) is 2.88. The zero-order valence-corrected chi connectivity index (χ0v) is 14.5. The molecule has 1 saturated heterocycles. The van der Waals surface area contributed by atoms with Crippen LogP contribution in [0.5, 0.6) is 5.75 Å². The van der Waals surface area contributed by atoms with Crippen molar-refractivity contribution >= 4 is 17.6 Å². The first-order chi connectivity index (χ1) is 11.4. The van der Waals surface area contributed by atoms with Gasteiger partial charge in [0.2, 0.25) is 5.91 Å². The number of anilines is 1. The Kier molecular flexibility index (Phi) is 4.63. The van der Waals surface area contributed by atoms with Gasteiger partial charge in [-0.15, -0.1) is 0 Å². The van der Waals surface area contributed by atoms with E-state index in [4.69, 9.17) is 9.47 Å². The molecule has 130 valence electrons. The number of carbonyl (C=O) groups is 2. The molecule has 24 heavy (non-hydrogen) atoms. The first kappa shape index (κ1) is 17.0. The van der Waals surface area contributed by atoms with Gasteiger partial charge >= 0.3 is 5.97 Å². The molecule has 2 aliphatic rings. The molecule has 0 spiro atoms. The van der Waals surface area contributed by atoms with Crippen LogP contribution < -0.4 is 10.1 Å². The molecule has 1 saturated carbocycles. The Morgan fingerprint density at radius 3 is 2.54 bits per heavy atom. The van der Waals surface area contributed by atoms with Crippen LogP contribution in [0.4, 0.5) is 5.69 Å². The maximum absolute atomic E-state index is 12.2. The number of hydrogen-bond acceptors (Lipinski definition) is 4. The van der Waals surface area contributed by atoms with Crippen LogP contribution in [0.3, 0.4) is 0 Å². The number of benzene rings is 1. The van der Waals surface area contributed by atoms with E-state index in [0.717, 1.165) is 25.7 Å². The predicted octanol–water partition coefficient (Wildman–Crippen LogP) is 3.53. The molecule has 2 fully saturated rings. The molecule has 1 amide bonds. The normalized spacial score (nSPS) is 25.5. The maximum atomic E-state index is 12.2. The van der Waals surface area contributed by atoms with Crippen LogP contribution in [-0.4, -0.2) is 24.1 Å². The lowest BCUT2D eigenvalue weighted by molar-refractivity contribution is -0.139. The zero-order chi connectivity index (χ0) is 17.3. The summed E-state index contributed by atoms with van der Waals surface area (Å²) in [6, 6.07) is 6.94. The summed E-state index contributed by atoms with van der Waals surface area (Å²) in [7, 11) is 0. The number of fused-ring (bicyclic) bond motifs is 1. The number of esters is 1. The average molecular weight is 331 g/mol. The molecular weight excluding hydrogens is 306 g/mol. The van der Waals surface area contributed by atoms with Gasteiger partial charge in [0, 0.05) is 11.1 Å². The molecule has 1 heterocycles. The van der Waals surface area contributed by atoms with Crippen LogP contribution in [-0.2, 0) is 14.3 Å². The van der Waals surface area contributed by atoms with Crippen molar-refractivity contribution in [2.45, 2.75) is 58.7 Å². The molecule has 5 heteroatoms. The lowest BCUT2D eigenvalue weighted by Crippen LogP contribution is -2.29. The molecule has 5 nitrogen and oxygen atoms in total. The van der Waals surface area contributed by atoms with Crippen molar-refractivity contribution in [1.82, 2.24) is 0 Å². The van der Waals surface area contributed by atoms with Crippen LogP contribution in [0.15, 0.2) is 24.3 Å².